The Balaban J connectivity index is 1.60. The Morgan fingerprint density at radius 2 is 1.84 bits per heavy atom. The average molecular weight is 270 g/mol. The van der Waals surface area contributed by atoms with E-state index in [1.54, 1.807) is 4.90 Å². The lowest BCUT2D eigenvalue weighted by Crippen LogP contribution is -2.61. The highest BCUT2D eigenvalue weighted by Gasteiger charge is 2.54. The van der Waals surface area contributed by atoms with Crippen molar-refractivity contribution in [3.8, 4) is 0 Å². The third kappa shape index (κ3) is 2.77. The maximum atomic E-state index is 13.9. The van der Waals surface area contributed by atoms with Gasteiger partial charge < -0.3 is 9.64 Å². The fourth-order valence-corrected chi connectivity index (χ4v) is 3.21. The molecule has 0 radical (unpaired) electrons. The number of hydrogen-bond donors (Lipinski definition) is 0. The fraction of sp³-hybridized carbons (Fsp3) is 0.929. The van der Waals surface area contributed by atoms with Crippen LogP contribution in [0.25, 0.3) is 0 Å². The number of carbonyl (C=O) groups excluding carboxylic acids is 1. The topological polar surface area (TPSA) is 32.8 Å². The summed E-state index contributed by atoms with van der Waals surface area (Å²) in [6, 6.07) is 0. The first-order chi connectivity index (χ1) is 8.96. The van der Waals surface area contributed by atoms with E-state index < -0.39 is 5.67 Å². The Morgan fingerprint density at radius 3 is 2.32 bits per heavy atom. The van der Waals surface area contributed by atoms with Crippen LogP contribution < -0.4 is 0 Å². The molecular weight excluding hydrogens is 247 g/mol. The van der Waals surface area contributed by atoms with Gasteiger partial charge in [-0.3, -0.25) is 9.69 Å². The van der Waals surface area contributed by atoms with Crippen molar-refractivity contribution in [1.29, 1.82) is 0 Å². The van der Waals surface area contributed by atoms with Crippen molar-refractivity contribution < 1.29 is 13.9 Å². The second-order valence-electron chi connectivity index (χ2n) is 6.67. The van der Waals surface area contributed by atoms with Gasteiger partial charge >= 0.3 is 0 Å². The zero-order valence-corrected chi connectivity index (χ0v) is 11.8. The maximum Gasteiger partial charge on any atom is 0.260 e. The molecule has 0 aromatic carbocycles. The number of ether oxygens (including phenoxy) is 1. The van der Waals surface area contributed by atoms with E-state index in [2.05, 4.69) is 18.7 Å². The summed E-state index contributed by atoms with van der Waals surface area (Å²) in [6.45, 7) is 8.31. The molecule has 19 heavy (non-hydrogen) atoms. The van der Waals surface area contributed by atoms with Crippen molar-refractivity contribution in [1.82, 2.24) is 9.80 Å². The normalized spacial score (nSPS) is 33.6. The molecule has 0 spiro atoms. The van der Waals surface area contributed by atoms with E-state index >= 15 is 0 Å². The zero-order chi connectivity index (χ0) is 13.6. The summed E-state index contributed by atoms with van der Waals surface area (Å²) < 4.78 is 19.8. The van der Waals surface area contributed by atoms with Crippen LogP contribution in [0.3, 0.4) is 0 Å². The number of halogens is 1. The third-order valence-corrected chi connectivity index (χ3v) is 4.14. The van der Waals surface area contributed by atoms with Gasteiger partial charge in [0.2, 0.25) is 0 Å². The van der Waals surface area contributed by atoms with E-state index in [4.69, 9.17) is 4.74 Å². The molecule has 5 heteroatoms. The lowest BCUT2D eigenvalue weighted by atomic mass is 10.1. The third-order valence-electron chi connectivity index (χ3n) is 4.14. The first-order valence-corrected chi connectivity index (χ1v) is 7.32. The maximum absolute atomic E-state index is 13.9. The number of fused-ring (bicyclic) bond motifs is 2. The van der Waals surface area contributed by atoms with E-state index in [1.165, 1.54) is 0 Å². The van der Waals surface area contributed by atoms with Gasteiger partial charge in [-0.1, -0.05) is 13.8 Å². The smallest absolute Gasteiger partial charge is 0.260 e. The molecule has 2 bridgehead atoms. The Kier molecular flexibility index (Phi) is 3.29. The fourth-order valence-electron chi connectivity index (χ4n) is 3.21. The van der Waals surface area contributed by atoms with Gasteiger partial charge in [0.25, 0.3) is 5.91 Å². The summed E-state index contributed by atoms with van der Waals surface area (Å²) in [6.07, 6.45) is 0.908. The molecule has 0 aromatic rings. The first-order valence-electron chi connectivity index (χ1n) is 7.32. The lowest BCUT2D eigenvalue weighted by molar-refractivity contribution is -0.166. The Labute approximate surface area is 113 Å². The van der Waals surface area contributed by atoms with Crippen LogP contribution in [0.15, 0.2) is 0 Å². The summed E-state index contributed by atoms with van der Waals surface area (Å²) in [7, 11) is 0. The van der Waals surface area contributed by atoms with Crippen LogP contribution in [0.4, 0.5) is 4.39 Å². The van der Waals surface area contributed by atoms with E-state index in [0.717, 1.165) is 19.6 Å². The van der Waals surface area contributed by atoms with Gasteiger partial charge in [0.1, 0.15) is 0 Å². The second-order valence-corrected chi connectivity index (χ2v) is 6.67. The van der Waals surface area contributed by atoms with E-state index in [1.807, 2.05) is 0 Å². The standard InChI is InChI=1S/C14H23FN2O2/c1-10(2)5-16-6-11-8-17(9-12(7-16)19-11)13(18)14(15)3-4-14/h10-12H,3-9H2,1-2H3. The van der Waals surface area contributed by atoms with Crippen molar-refractivity contribution in [2.75, 3.05) is 32.7 Å². The molecular formula is C14H23FN2O2. The van der Waals surface area contributed by atoms with Crippen LogP contribution >= 0.6 is 0 Å². The molecule has 1 saturated carbocycles. The summed E-state index contributed by atoms with van der Waals surface area (Å²) in [5.41, 5.74) is -1.54. The molecule has 2 saturated heterocycles. The molecule has 0 aromatic heterocycles. The number of morpholine rings is 2. The predicted octanol–water partition coefficient (Wildman–Crippen LogP) is 1.06. The minimum absolute atomic E-state index is 0.0533. The molecule has 108 valence electrons. The number of amides is 1. The number of carbonyl (C=O) groups is 1. The first kappa shape index (κ1) is 13.3. The average Bonchev–Trinajstić information content (AvgIpc) is 3.05. The van der Waals surface area contributed by atoms with Gasteiger partial charge in [-0.2, -0.15) is 0 Å². The Bertz CT molecular complexity index is 356. The molecule has 1 amide bonds. The molecule has 3 aliphatic rings. The van der Waals surface area contributed by atoms with Crippen molar-refractivity contribution in [2.45, 2.75) is 44.6 Å². The molecule has 2 aliphatic heterocycles. The highest BCUT2D eigenvalue weighted by molar-refractivity contribution is 5.88. The van der Waals surface area contributed by atoms with E-state index in [9.17, 15) is 9.18 Å². The Morgan fingerprint density at radius 1 is 1.26 bits per heavy atom. The summed E-state index contributed by atoms with van der Waals surface area (Å²) in [5.74, 6) is 0.334. The van der Waals surface area contributed by atoms with Gasteiger partial charge in [-0.25, -0.2) is 4.39 Å². The van der Waals surface area contributed by atoms with Crippen LogP contribution in [-0.4, -0.2) is 66.3 Å². The van der Waals surface area contributed by atoms with Crippen LogP contribution in [0.1, 0.15) is 26.7 Å². The molecule has 2 atom stereocenters. The van der Waals surface area contributed by atoms with Crippen LogP contribution in [0.2, 0.25) is 0 Å². The van der Waals surface area contributed by atoms with Crippen molar-refractivity contribution in [3.63, 3.8) is 0 Å². The van der Waals surface area contributed by atoms with Crippen molar-refractivity contribution in [3.05, 3.63) is 0 Å². The van der Waals surface area contributed by atoms with Gasteiger partial charge in [-0.05, 0) is 18.8 Å². The molecule has 0 N–H and O–H groups in total. The van der Waals surface area contributed by atoms with Gasteiger partial charge in [0.05, 0.1) is 12.2 Å². The van der Waals surface area contributed by atoms with E-state index in [0.29, 0.717) is 31.8 Å². The lowest BCUT2D eigenvalue weighted by Gasteiger charge is -2.46. The van der Waals surface area contributed by atoms with Crippen molar-refractivity contribution >= 4 is 5.91 Å². The number of alkyl halides is 1. The second kappa shape index (κ2) is 4.70. The van der Waals surface area contributed by atoms with Gasteiger partial charge in [0.15, 0.2) is 5.67 Å². The zero-order valence-electron chi connectivity index (χ0n) is 11.8. The van der Waals surface area contributed by atoms with Crippen molar-refractivity contribution in [2.24, 2.45) is 5.92 Å². The molecule has 4 nitrogen and oxygen atoms in total. The van der Waals surface area contributed by atoms with Gasteiger partial charge in [-0.15, -0.1) is 0 Å². The number of hydrogen-bond acceptors (Lipinski definition) is 3. The monoisotopic (exact) mass is 270 g/mol. The minimum Gasteiger partial charge on any atom is -0.369 e. The predicted molar refractivity (Wildman–Crippen MR) is 69.6 cm³/mol. The number of rotatable bonds is 3. The molecule has 1 aliphatic carbocycles. The summed E-state index contributed by atoms with van der Waals surface area (Å²) in [5, 5.41) is 0. The van der Waals surface area contributed by atoms with Crippen LogP contribution in [-0.2, 0) is 9.53 Å². The SMILES string of the molecule is CC(C)CN1CC2CN(C(=O)C3(F)CC3)CC(C1)O2. The molecule has 2 unspecified atom stereocenters. The number of nitrogens with zero attached hydrogens (tertiary/aromatic N) is 2. The van der Waals surface area contributed by atoms with E-state index in [-0.39, 0.29) is 18.1 Å². The highest BCUT2D eigenvalue weighted by Crippen LogP contribution is 2.42. The molecule has 3 fully saturated rings. The summed E-state index contributed by atoms with van der Waals surface area (Å²) >= 11 is 0. The quantitative estimate of drug-likeness (QED) is 0.768. The van der Waals surface area contributed by atoms with Crippen LogP contribution in [0, 0.1) is 5.92 Å². The van der Waals surface area contributed by atoms with Crippen LogP contribution in [0.5, 0.6) is 0 Å². The van der Waals surface area contributed by atoms with Gasteiger partial charge in [0, 0.05) is 32.7 Å². The Hall–Kier alpha value is -0.680. The largest absolute Gasteiger partial charge is 0.369 e. The highest BCUT2D eigenvalue weighted by atomic mass is 19.1. The molecule has 2 heterocycles. The molecule has 3 rings (SSSR count). The minimum atomic E-state index is -1.54. The summed E-state index contributed by atoms with van der Waals surface area (Å²) in [4.78, 5) is 16.2.